The van der Waals surface area contributed by atoms with Gasteiger partial charge in [0, 0.05) is 18.3 Å². The number of thiophene rings is 1. The van der Waals surface area contributed by atoms with Gasteiger partial charge in [0.1, 0.15) is 0 Å². The summed E-state index contributed by atoms with van der Waals surface area (Å²) in [4.78, 5) is 14.8. The summed E-state index contributed by atoms with van der Waals surface area (Å²) in [7, 11) is 1.87. The molecule has 1 amide bonds. The van der Waals surface area contributed by atoms with E-state index in [1.54, 1.807) is 16.2 Å². The number of amides is 1. The van der Waals surface area contributed by atoms with Gasteiger partial charge < -0.3 is 10.6 Å². The van der Waals surface area contributed by atoms with Crippen molar-refractivity contribution in [1.29, 1.82) is 0 Å². The molecule has 0 saturated heterocycles. The fourth-order valence-corrected chi connectivity index (χ4v) is 2.27. The molecule has 1 aromatic rings. The lowest BCUT2D eigenvalue weighted by atomic mass is 10.2. The Kier molecular flexibility index (Phi) is 6.11. The maximum Gasteiger partial charge on any atom is 0.222 e. The van der Waals surface area contributed by atoms with Gasteiger partial charge in [-0.15, -0.1) is 11.3 Å². The van der Waals surface area contributed by atoms with Crippen molar-refractivity contribution in [2.24, 2.45) is 5.73 Å². The molecule has 90 valence electrons. The SMILES string of the molecule is CN(Cc1cccs1)C(=O)CCCCCN. The van der Waals surface area contributed by atoms with Gasteiger partial charge in [-0.05, 0) is 30.8 Å². The molecule has 4 heteroatoms. The molecular formula is C12H20N2OS. The standard InChI is InChI=1S/C12H20N2OS/c1-14(10-11-6-5-9-16-11)12(15)7-3-2-4-8-13/h5-6,9H,2-4,7-8,10,13H2,1H3. The molecule has 1 rings (SSSR count). The highest BCUT2D eigenvalue weighted by Crippen LogP contribution is 2.12. The Labute approximate surface area is 101 Å². The molecule has 0 aliphatic heterocycles. The highest BCUT2D eigenvalue weighted by molar-refractivity contribution is 7.09. The number of hydrogen-bond acceptors (Lipinski definition) is 3. The van der Waals surface area contributed by atoms with Crippen LogP contribution in [0.2, 0.25) is 0 Å². The topological polar surface area (TPSA) is 46.3 Å². The molecule has 0 spiro atoms. The van der Waals surface area contributed by atoms with Gasteiger partial charge in [-0.3, -0.25) is 4.79 Å². The summed E-state index contributed by atoms with van der Waals surface area (Å²) < 4.78 is 0. The van der Waals surface area contributed by atoms with Gasteiger partial charge in [-0.25, -0.2) is 0 Å². The highest BCUT2D eigenvalue weighted by atomic mass is 32.1. The predicted octanol–water partition coefficient (Wildman–Crippen LogP) is 2.23. The molecule has 0 unspecified atom stereocenters. The van der Waals surface area contributed by atoms with Crippen LogP contribution in [0.15, 0.2) is 17.5 Å². The van der Waals surface area contributed by atoms with Crippen LogP contribution in [0.3, 0.4) is 0 Å². The molecule has 1 aromatic heterocycles. The summed E-state index contributed by atoms with van der Waals surface area (Å²) in [5, 5.41) is 2.04. The molecule has 0 radical (unpaired) electrons. The third-order valence-corrected chi connectivity index (χ3v) is 3.35. The maximum atomic E-state index is 11.7. The maximum absolute atomic E-state index is 11.7. The van der Waals surface area contributed by atoms with Crippen LogP contribution >= 0.6 is 11.3 Å². The van der Waals surface area contributed by atoms with Crippen LogP contribution in [0.4, 0.5) is 0 Å². The second kappa shape index (κ2) is 7.41. The molecule has 16 heavy (non-hydrogen) atoms. The van der Waals surface area contributed by atoms with Crippen molar-refractivity contribution in [2.45, 2.75) is 32.2 Å². The van der Waals surface area contributed by atoms with E-state index in [0.29, 0.717) is 6.42 Å². The van der Waals surface area contributed by atoms with Crippen molar-refractivity contribution in [3.8, 4) is 0 Å². The Morgan fingerprint density at radius 3 is 2.88 bits per heavy atom. The van der Waals surface area contributed by atoms with Crippen LogP contribution in [0.1, 0.15) is 30.6 Å². The number of carbonyl (C=O) groups excluding carboxylic acids is 1. The van der Waals surface area contributed by atoms with Crippen LogP contribution < -0.4 is 5.73 Å². The van der Waals surface area contributed by atoms with Crippen molar-refractivity contribution in [1.82, 2.24) is 4.90 Å². The fourth-order valence-electron chi connectivity index (χ4n) is 1.51. The minimum absolute atomic E-state index is 0.227. The Balaban J connectivity index is 2.20. The first-order valence-electron chi connectivity index (χ1n) is 5.70. The third kappa shape index (κ3) is 4.77. The van der Waals surface area contributed by atoms with Crippen LogP contribution in [-0.2, 0) is 11.3 Å². The Hall–Kier alpha value is -0.870. The second-order valence-corrected chi connectivity index (χ2v) is 4.96. The van der Waals surface area contributed by atoms with Gasteiger partial charge in [-0.1, -0.05) is 12.5 Å². The fraction of sp³-hybridized carbons (Fsp3) is 0.583. The zero-order valence-corrected chi connectivity index (χ0v) is 10.6. The molecular weight excluding hydrogens is 220 g/mol. The Morgan fingerprint density at radius 2 is 2.25 bits per heavy atom. The summed E-state index contributed by atoms with van der Waals surface area (Å²) in [6.07, 6.45) is 3.66. The molecule has 2 N–H and O–H groups in total. The zero-order chi connectivity index (χ0) is 11.8. The van der Waals surface area contributed by atoms with Gasteiger partial charge in [0.2, 0.25) is 5.91 Å². The molecule has 0 saturated carbocycles. The van der Waals surface area contributed by atoms with E-state index in [1.165, 1.54) is 4.88 Å². The largest absolute Gasteiger partial charge is 0.341 e. The quantitative estimate of drug-likeness (QED) is 0.743. The van der Waals surface area contributed by atoms with Crippen molar-refractivity contribution in [2.75, 3.05) is 13.6 Å². The summed E-state index contributed by atoms with van der Waals surface area (Å²) in [5.74, 6) is 0.227. The van der Waals surface area contributed by atoms with Gasteiger partial charge in [0.15, 0.2) is 0 Å². The number of nitrogens with zero attached hydrogens (tertiary/aromatic N) is 1. The molecule has 1 heterocycles. The number of unbranched alkanes of at least 4 members (excludes halogenated alkanes) is 2. The first-order valence-corrected chi connectivity index (χ1v) is 6.58. The first-order chi connectivity index (χ1) is 7.74. The normalized spacial score (nSPS) is 10.4. The predicted molar refractivity (Wildman–Crippen MR) is 68.3 cm³/mol. The van der Waals surface area contributed by atoms with E-state index >= 15 is 0 Å². The monoisotopic (exact) mass is 240 g/mol. The summed E-state index contributed by atoms with van der Waals surface area (Å²) >= 11 is 1.69. The molecule has 3 nitrogen and oxygen atoms in total. The van der Waals surface area contributed by atoms with Gasteiger partial charge >= 0.3 is 0 Å². The number of hydrogen-bond donors (Lipinski definition) is 1. The van der Waals surface area contributed by atoms with Crippen molar-refractivity contribution in [3.05, 3.63) is 22.4 Å². The van der Waals surface area contributed by atoms with E-state index in [9.17, 15) is 4.79 Å². The lowest BCUT2D eigenvalue weighted by Crippen LogP contribution is -2.25. The van der Waals surface area contributed by atoms with Crippen LogP contribution in [0.25, 0.3) is 0 Å². The number of nitrogens with two attached hydrogens (primary N) is 1. The van der Waals surface area contributed by atoms with E-state index in [4.69, 9.17) is 5.73 Å². The van der Waals surface area contributed by atoms with Gasteiger partial charge in [0.25, 0.3) is 0 Å². The smallest absolute Gasteiger partial charge is 0.222 e. The van der Waals surface area contributed by atoms with Gasteiger partial charge in [0.05, 0.1) is 6.54 Å². The molecule has 0 aliphatic rings. The van der Waals surface area contributed by atoms with Crippen molar-refractivity contribution < 1.29 is 4.79 Å². The van der Waals surface area contributed by atoms with Gasteiger partial charge in [-0.2, -0.15) is 0 Å². The average Bonchev–Trinajstić information content (AvgIpc) is 2.76. The van der Waals surface area contributed by atoms with Crippen molar-refractivity contribution in [3.63, 3.8) is 0 Å². The minimum atomic E-state index is 0.227. The third-order valence-electron chi connectivity index (χ3n) is 2.49. The first kappa shape index (κ1) is 13.2. The molecule has 0 aromatic carbocycles. The van der Waals surface area contributed by atoms with E-state index < -0.39 is 0 Å². The van der Waals surface area contributed by atoms with Crippen LogP contribution in [0.5, 0.6) is 0 Å². The second-order valence-electron chi connectivity index (χ2n) is 3.93. The van der Waals surface area contributed by atoms with E-state index in [-0.39, 0.29) is 5.91 Å². The molecule has 0 atom stereocenters. The highest BCUT2D eigenvalue weighted by Gasteiger charge is 2.08. The van der Waals surface area contributed by atoms with E-state index in [0.717, 1.165) is 32.4 Å². The Morgan fingerprint density at radius 1 is 1.44 bits per heavy atom. The van der Waals surface area contributed by atoms with Crippen molar-refractivity contribution >= 4 is 17.2 Å². The lowest BCUT2D eigenvalue weighted by molar-refractivity contribution is -0.130. The number of carbonyl (C=O) groups is 1. The summed E-state index contributed by atoms with van der Waals surface area (Å²) in [6.45, 7) is 1.45. The zero-order valence-electron chi connectivity index (χ0n) is 9.82. The molecule has 0 bridgehead atoms. The van der Waals surface area contributed by atoms with E-state index in [2.05, 4.69) is 6.07 Å². The summed E-state index contributed by atoms with van der Waals surface area (Å²) in [5.41, 5.74) is 5.40. The molecule has 0 aliphatic carbocycles. The minimum Gasteiger partial charge on any atom is -0.341 e. The lowest BCUT2D eigenvalue weighted by Gasteiger charge is -2.16. The summed E-state index contributed by atoms with van der Waals surface area (Å²) in [6, 6.07) is 4.07. The van der Waals surface area contributed by atoms with Crippen LogP contribution in [-0.4, -0.2) is 24.4 Å². The van der Waals surface area contributed by atoms with Crippen LogP contribution in [0, 0.1) is 0 Å². The van der Waals surface area contributed by atoms with E-state index in [1.807, 2.05) is 18.5 Å². The molecule has 0 fully saturated rings. The average molecular weight is 240 g/mol. The Bertz CT molecular complexity index is 298. The number of rotatable bonds is 7.